The summed E-state index contributed by atoms with van der Waals surface area (Å²) in [5.74, 6) is 0. The van der Waals surface area contributed by atoms with Crippen molar-refractivity contribution >= 4 is 10.9 Å². The first-order valence-electron chi connectivity index (χ1n) is 6.40. The predicted octanol–water partition coefficient (Wildman–Crippen LogP) is 2.71. The molecule has 100 valence electrons. The van der Waals surface area contributed by atoms with E-state index >= 15 is 0 Å². The van der Waals surface area contributed by atoms with Crippen molar-refractivity contribution in [2.45, 2.75) is 26.5 Å². The van der Waals surface area contributed by atoms with Crippen LogP contribution in [0.4, 0.5) is 0 Å². The van der Waals surface area contributed by atoms with Crippen LogP contribution in [0.2, 0.25) is 0 Å². The van der Waals surface area contributed by atoms with Crippen LogP contribution in [-0.4, -0.2) is 21.4 Å². The Kier molecular flexibility index (Phi) is 3.91. The van der Waals surface area contributed by atoms with Gasteiger partial charge < -0.3 is 14.8 Å². The van der Waals surface area contributed by atoms with Crippen LogP contribution in [0.5, 0.6) is 0 Å². The standard InChI is InChI=1S/C16H19NO2/c1-4-12(10-18)16(19)14-9-13-8-6-7-11(3)15(13)17(14)5-2/h6-9,16,18-19H,1,5,10H2,2-3H3. The Morgan fingerprint density at radius 1 is 1.47 bits per heavy atom. The lowest BCUT2D eigenvalue weighted by Crippen LogP contribution is -2.10. The maximum absolute atomic E-state index is 10.4. The molecular weight excluding hydrogens is 238 g/mol. The molecule has 2 rings (SSSR count). The lowest BCUT2D eigenvalue weighted by molar-refractivity contribution is 0.183. The molecule has 19 heavy (non-hydrogen) atoms. The summed E-state index contributed by atoms with van der Waals surface area (Å²) < 4.78 is 2.07. The van der Waals surface area contributed by atoms with E-state index in [9.17, 15) is 10.2 Å². The Morgan fingerprint density at radius 3 is 2.79 bits per heavy atom. The molecule has 3 heteroatoms. The monoisotopic (exact) mass is 257 g/mol. The average molecular weight is 257 g/mol. The molecule has 0 radical (unpaired) electrons. The number of hydrogen-bond donors (Lipinski definition) is 2. The minimum absolute atomic E-state index is 0.241. The van der Waals surface area contributed by atoms with E-state index in [1.165, 1.54) is 5.56 Å². The molecule has 0 spiro atoms. The van der Waals surface area contributed by atoms with Gasteiger partial charge in [-0.3, -0.25) is 0 Å². The zero-order valence-electron chi connectivity index (χ0n) is 11.3. The van der Waals surface area contributed by atoms with Crippen LogP contribution in [0.25, 0.3) is 10.9 Å². The Bertz CT molecular complexity index is 648. The predicted molar refractivity (Wildman–Crippen MR) is 77.0 cm³/mol. The van der Waals surface area contributed by atoms with Gasteiger partial charge in [0, 0.05) is 17.5 Å². The molecule has 0 saturated carbocycles. The topological polar surface area (TPSA) is 45.4 Å². The summed E-state index contributed by atoms with van der Waals surface area (Å²) in [6.07, 6.45) is -0.866. The van der Waals surface area contributed by atoms with Crippen molar-refractivity contribution in [2.24, 2.45) is 0 Å². The van der Waals surface area contributed by atoms with E-state index in [2.05, 4.69) is 29.9 Å². The average Bonchev–Trinajstić information content (AvgIpc) is 2.79. The molecule has 1 aromatic carbocycles. The van der Waals surface area contributed by atoms with Crippen LogP contribution in [0.1, 0.15) is 24.3 Å². The molecule has 1 atom stereocenters. The molecule has 0 aliphatic carbocycles. The first kappa shape index (κ1) is 13.6. The second kappa shape index (κ2) is 5.45. The third kappa shape index (κ3) is 2.24. The largest absolute Gasteiger partial charge is 0.391 e. The van der Waals surface area contributed by atoms with Crippen LogP contribution >= 0.6 is 0 Å². The second-order valence-electron chi connectivity index (χ2n) is 4.59. The smallest absolute Gasteiger partial charge is 0.125 e. The van der Waals surface area contributed by atoms with E-state index in [1.807, 2.05) is 25.1 Å². The molecule has 0 saturated heterocycles. The Labute approximate surface area is 113 Å². The summed E-state index contributed by atoms with van der Waals surface area (Å²) >= 11 is 0. The zero-order valence-corrected chi connectivity index (χ0v) is 11.3. The van der Waals surface area contributed by atoms with E-state index in [0.717, 1.165) is 23.1 Å². The minimum atomic E-state index is -0.866. The third-order valence-electron chi connectivity index (χ3n) is 3.48. The molecule has 1 unspecified atom stereocenters. The fourth-order valence-electron chi connectivity index (χ4n) is 2.52. The van der Waals surface area contributed by atoms with Gasteiger partial charge in [0.2, 0.25) is 0 Å². The van der Waals surface area contributed by atoms with Gasteiger partial charge in [0.15, 0.2) is 0 Å². The molecule has 0 aliphatic rings. The summed E-state index contributed by atoms with van der Waals surface area (Å²) in [5, 5.41) is 20.7. The van der Waals surface area contributed by atoms with Gasteiger partial charge in [-0.1, -0.05) is 24.8 Å². The highest BCUT2D eigenvalue weighted by atomic mass is 16.3. The Balaban J connectivity index is 2.67. The number of benzene rings is 1. The molecule has 0 bridgehead atoms. The SMILES string of the molecule is C=C=C(CO)C(O)c1cc2cccc(C)c2n1CC. The molecule has 2 N–H and O–H groups in total. The van der Waals surface area contributed by atoms with Gasteiger partial charge in [-0.15, -0.1) is 5.73 Å². The molecular formula is C16H19NO2. The summed E-state index contributed by atoms with van der Waals surface area (Å²) in [6, 6.07) is 8.05. The molecule has 1 heterocycles. The highest BCUT2D eigenvalue weighted by molar-refractivity contribution is 5.84. The fraction of sp³-hybridized carbons (Fsp3) is 0.312. The highest BCUT2D eigenvalue weighted by Crippen LogP contribution is 2.29. The van der Waals surface area contributed by atoms with Gasteiger partial charge in [0.1, 0.15) is 6.10 Å². The van der Waals surface area contributed by atoms with E-state index in [1.54, 1.807) is 0 Å². The van der Waals surface area contributed by atoms with Gasteiger partial charge in [0.25, 0.3) is 0 Å². The number of rotatable bonds is 4. The lowest BCUT2D eigenvalue weighted by atomic mass is 10.1. The molecule has 2 aromatic rings. The van der Waals surface area contributed by atoms with Crippen molar-refractivity contribution in [2.75, 3.05) is 6.61 Å². The first-order chi connectivity index (χ1) is 9.13. The summed E-state index contributed by atoms with van der Waals surface area (Å²) in [4.78, 5) is 0. The van der Waals surface area contributed by atoms with Gasteiger partial charge in [-0.05, 0) is 25.5 Å². The Morgan fingerprint density at radius 2 is 2.21 bits per heavy atom. The Hall–Kier alpha value is -1.80. The second-order valence-corrected chi connectivity index (χ2v) is 4.59. The van der Waals surface area contributed by atoms with Gasteiger partial charge >= 0.3 is 0 Å². The quantitative estimate of drug-likeness (QED) is 0.827. The molecule has 1 aromatic heterocycles. The van der Waals surface area contributed by atoms with Crippen LogP contribution in [-0.2, 0) is 6.54 Å². The van der Waals surface area contributed by atoms with Crippen molar-refractivity contribution in [1.82, 2.24) is 4.57 Å². The van der Waals surface area contributed by atoms with E-state index in [-0.39, 0.29) is 6.61 Å². The first-order valence-corrected chi connectivity index (χ1v) is 6.40. The van der Waals surface area contributed by atoms with Crippen LogP contribution in [0.3, 0.4) is 0 Å². The van der Waals surface area contributed by atoms with Crippen LogP contribution in [0.15, 0.2) is 42.1 Å². The number of nitrogens with zero attached hydrogens (tertiary/aromatic N) is 1. The summed E-state index contributed by atoms with van der Waals surface area (Å²) in [5.41, 5.74) is 6.08. The number of fused-ring (bicyclic) bond motifs is 1. The van der Waals surface area contributed by atoms with Crippen molar-refractivity contribution in [3.8, 4) is 0 Å². The van der Waals surface area contributed by atoms with Gasteiger partial charge in [0.05, 0.1) is 17.8 Å². The maximum atomic E-state index is 10.4. The van der Waals surface area contributed by atoms with Gasteiger partial charge in [-0.2, -0.15) is 0 Å². The van der Waals surface area contributed by atoms with Crippen molar-refractivity contribution in [1.29, 1.82) is 0 Å². The normalized spacial score (nSPS) is 12.4. The molecule has 0 fully saturated rings. The lowest BCUT2D eigenvalue weighted by Gasteiger charge is -2.15. The number of aliphatic hydroxyl groups is 2. The van der Waals surface area contributed by atoms with Crippen molar-refractivity contribution < 1.29 is 10.2 Å². The number of aromatic nitrogens is 1. The number of hydrogen-bond acceptors (Lipinski definition) is 2. The number of aryl methyl sites for hydroxylation is 2. The highest BCUT2D eigenvalue weighted by Gasteiger charge is 2.19. The van der Waals surface area contributed by atoms with Crippen LogP contribution < -0.4 is 0 Å². The maximum Gasteiger partial charge on any atom is 0.125 e. The van der Waals surface area contributed by atoms with E-state index < -0.39 is 6.10 Å². The van der Waals surface area contributed by atoms with Crippen molar-refractivity contribution in [3.05, 3.63) is 53.4 Å². The number of para-hydroxylation sites is 1. The molecule has 0 aliphatic heterocycles. The molecule has 0 amide bonds. The third-order valence-corrected chi connectivity index (χ3v) is 3.48. The van der Waals surface area contributed by atoms with Crippen LogP contribution in [0, 0.1) is 6.92 Å². The summed E-state index contributed by atoms with van der Waals surface area (Å²) in [6.45, 7) is 8.13. The fourth-order valence-corrected chi connectivity index (χ4v) is 2.52. The van der Waals surface area contributed by atoms with Crippen molar-refractivity contribution in [3.63, 3.8) is 0 Å². The molecule has 3 nitrogen and oxygen atoms in total. The van der Waals surface area contributed by atoms with E-state index in [4.69, 9.17) is 0 Å². The summed E-state index contributed by atoms with van der Waals surface area (Å²) in [7, 11) is 0. The number of aliphatic hydroxyl groups excluding tert-OH is 2. The van der Waals surface area contributed by atoms with E-state index in [0.29, 0.717) is 5.57 Å². The zero-order chi connectivity index (χ0) is 14.0. The minimum Gasteiger partial charge on any atom is -0.391 e. The van der Waals surface area contributed by atoms with Gasteiger partial charge in [-0.25, -0.2) is 0 Å².